The normalized spacial score (nSPS) is 16.6. The van der Waals surface area contributed by atoms with Crippen LogP contribution in [0.15, 0.2) is 0 Å². The Hall–Kier alpha value is -0.650. The molecule has 3 N–H and O–H groups in total. The summed E-state index contributed by atoms with van der Waals surface area (Å²) in [5.41, 5.74) is 4.88. The van der Waals surface area contributed by atoms with Crippen LogP contribution < -0.4 is 11.1 Å². The standard InChI is InChI=1S/C14H31N3O2/c1-7-16-14(5,13(15)18)10-12(4)17(11(2)3)8-9-19-6/h11-12,16H,7-10H2,1-6H3,(H2,15,18). The molecule has 2 atom stereocenters. The number of amides is 1. The molecule has 0 radical (unpaired) electrons. The summed E-state index contributed by atoms with van der Waals surface area (Å²) in [5, 5.41) is 3.21. The van der Waals surface area contributed by atoms with Crippen LogP contribution in [0.1, 0.15) is 41.0 Å². The van der Waals surface area contributed by atoms with Gasteiger partial charge in [-0.25, -0.2) is 0 Å². The van der Waals surface area contributed by atoms with Gasteiger partial charge >= 0.3 is 0 Å². The first-order chi connectivity index (χ1) is 8.78. The van der Waals surface area contributed by atoms with Crippen molar-refractivity contribution in [3.63, 3.8) is 0 Å². The van der Waals surface area contributed by atoms with Gasteiger partial charge in [-0.1, -0.05) is 6.92 Å². The highest BCUT2D eigenvalue weighted by atomic mass is 16.5. The summed E-state index contributed by atoms with van der Waals surface area (Å²) >= 11 is 0. The van der Waals surface area contributed by atoms with E-state index in [4.69, 9.17) is 10.5 Å². The Bertz CT molecular complexity index is 271. The summed E-state index contributed by atoms with van der Waals surface area (Å²) in [6.07, 6.45) is 0.693. The van der Waals surface area contributed by atoms with E-state index in [1.807, 2.05) is 13.8 Å². The number of ether oxygens (including phenoxy) is 1. The maximum absolute atomic E-state index is 11.7. The smallest absolute Gasteiger partial charge is 0.237 e. The van der Waals surface area contributed by atoms with Crippen LogP contribution in [-0.2, 0) is 9.53 Å². The number of nitrogens with one attached hydrogen (secondary N) is 1. The van der Waals surface area contributed by atoms with E-state index in [0.29, 0.717) is 19.1 Å². The molecular formula is C14H31N3O2. The van der Waals surface area contributed by atoms with E-state index in [0.717, 1.165) is 13.1 Å². The van der Waals surface area contributed by atoms with E-state index in [2.05, 4.69) is 31.0 Å². The number of nitrogens with zero attached hydrogens (tertiary/aromatic N) is 1. The monoisotopic (exact) mass is 273 g/mol. The number of carbonyl (C=O) groups excluding carboxylic acids is 1. The van der Waals surface area contributed by atoms with Crippen molar-refractivity contribution in [2.45, 2.75) is 58.7 Å². The number of rotatable bonds is 10. The van der Waals surface area contributed by atoms with Gasteiger partial charge in [0.05, 0.1) is 12.1 Å². The largest absolute Gasteiger partial charge is 0.383 e. The minimum atomic E-state index is -0.658. The molecule has 19 heavy (non-hydrogen) atoms. The van der Waals surface area contributed by atoms with Crippen molar-refractivity contribution in [1.29, 1.82) is 0 Å². The van der Waals surface area contributed by atoms with Gasteiger partial charge < -0.3 is 15.8 Å². The molecule has 114 valence electrons. The molecular weight excluding hydrogens is 242 g/mol. The van der Waals surface area contributed by atoms with Crippen molar-refractivity contribution in [2.24, 2.45) is 5.73 Å². The van der Waals surface area contributed by atoms with Crippen LogP contribution in [0.5, 0.6) is 0 Å². The Labute approximate surface area is 117 Å². The summed E-state index contributed by atoms with van der Waals surface area (Å²) in [6.45, 7) is 12.6. The molecule has 0 heterocycles. The number of likely N-dealkylation sites (N-methyl/N-ethyl adjacent to an activating group) is 1. The Morgan fingerprint density at radius 2 is 2.00 bits per heavy atom. The van der Waals surface area contributed by atoms with Crippen LogP contribution in [0, 0.1) is 0 Å². The Balaban J connectivity index is 4.75. The van der Waals surface area contributed by atoms with Crippen molar-refractivity contribution in [3.8, 4) is 0 Å². The zero-order valence-electron chi connectivity index (χ0n) is 13.3. The SMILES string of the molecule is CCNC(C)(CC(C)N(CCOC)C(C)C)C(N)=O. The van der Waals surface area contributed by atoms with Crippen molar-refractivity contribution in [2.75, 3.05) is 26.8 Å². The quantitative estimate of drug-likeness (QED) is 0.622. The van der Waals surface area contributed by atoms with E-state index in [1.165, 1.54) is 0 Å². The third-order valence-corrected chi connectivity index (χ3v) is 3.60. The molecule has 0 aromatic carbocycles. The fourth-order valence-electron chi connectivity index (χ4n) is 2.54. The second-order valence-corrected chi connectivity index (χ2v) is 5.60. The van der Waals surface area contributed by atoms with E-state index >= 15 is 0 Å². The molecule has 0 aliphatic carbocycles. The van der Waals surface area contributed by atoms with Crippen molar-refractivity contribution in [3.05, 3.63) is 0 Å². The summed E-state index contributed by atoms with van der Waals surface area (Å²) in [5.74, 6) is -0.295. The molecule has 0 bridgehead atoms. The first-order valence-electron chi connectivity index (χ1n) is 7.08. The second-order valence-electron chi connectivity index (χ2n) is 5.60. The molecule has 0 aliphatic heterocycles. The summed E-state index contributed by atoms with van der Waals surface area (Å²) in [4.78, 5) is 14.0. The molecule has 0 aromatic rings. The van der Waals surface area contributed by atoms with E-state index in [9.17, 15) is 4.79 Å². The Morgan fingerprint density at radius 3 is 2.37 bits per heavy atom. The highest BCUT2D eigenvalue weighted by molar-refractivity contribution is 5.84. The predicted octanol–water partition coefficient (Wildman–Crippen LogP) is 0.975. The Morgan fingerprint density at radius 1 is 1.42 bits per heavy atom. The number of methoxy groups -OCH3 is 1. The molecule has 0 saturated carbocycles. The van der Waals surface area contributed by atoms with Gasteiger partial charge in [-0.05, 0) is 40.7 Å². The third-order valence-electron chi connectivity index (χ3n) is 3.60. The lowest BCUT2D eigenvalue weighted by Gasteiger charge is -2.38. The van der Waals surface area contributed by atoms with Gasteiger partial charge in [-0.2, -0.15) is 0 Å². The van der Waals surface area contributed by atoms with Crippen molar-refractivity contribution >= 4 is 5.91 Å². The maximum atomic E-state index is 11.7. The molecule has 0 aromatic heterocycles. The summed E-state index contributed by atoms with van der Waals surface area (Å²) < 4.78 is 5.15. The van der Waals surface area contributed by atoms with Gasteiger partial charge in [-0.15, -0.1) is 0 Å². The average Bonchev–Trinajstić information content (AvgIpc) is 2.28. The highest BCUT2D eigenvalue weighted by Crippen LogP contribution is 2.18. The number of nitrogens with two attached hydrogens (primary N) is 1. The lowest BCUT2D eigenvalue weighted by molar-refractivity contribution is -0.124. The van der Waals surface area contributed by atoms with Crippen molar-refractivity contribution < 1.29 is 9.53 Å². The molecule has 5 nitrogen and oxygen atoms in total. The van der Waals surface area contributed by atoms with Gasteiger partial charge in [-0.3, -0.25) is 9.69 Å². The predicted molar refractivity (Wildman–Crippen MR) is 79.1 cm³/mol. The summed E-state index contributed by atoms with van der Waals surface area (Å²) in [7, 11) is 1.70. The van der Waals surface area contributed by atoms with Crippen LogP contribution in [0.25, 0.3) is 0 Å². The number of hydrogen-bond acceptors (Lipinski definition) is 4. The molecule has 0 saturated heterocycles. The van der Waals surface area contributed by atoms with E-state index < -0.39 is 5.54 Å². The van der Waals surface area contributed by atoms with Gasteiger partial charge in [0.1, 0.15) is 0 Å². The topological polar surface area (TPSA) is 67.6 Å². The molecule has 5 heteroatoms. The lowest BCUT2D eigenvalue weighted by atomic mass is 9.91. The van der Waals surface area contributed by atoms with Crippen LogP contribution in [0.3, 0.4) is 0 Å². The molecule has 0 aliphatic rings. The van der Waals surface area contributed by atoms with E-state index in [-0.39, 0.29) is 11.9 Å². The van der Waals surface area contributed by atoms with Gasteiger partial charge in [0.25, 0.3) is 0 Å². The zero-order chi connectivity index (χ0) is 15.1. The fourth-order valence-corrected chi connectivity index (χ4v) is 2.54. The van der Waals surface area contributed by atoms with E-state index in [1.54, 1.807) is 7.11 Å². The number of hydrogen-bond donors (Lipinski definition) is 2. The molecule has 1 amide bonds. The summed E-state index contributed by atoms with van der Waals surface area (Å²) in [6, 6.07) is 0.663. The van der Waals surface area contributed by atoms with Crippen LogP contribution in [0.4, 0.5) is 0 Å². The first-order valence-corrected chi connectivity index (χ1v) is 7.08. The number of primary amides is 1. The van der Waals surface area contributed by atoms with Crippen molar-refractivity contribution in [1.82, 2.24) is 10.2 Å². The lowest BCUT2D eigenvalue weighted by Crippen LogP contribution is -2.57. The van der Waals surface area contributed by atoms with Gasteiger partial charge in [0.2, 0.25) is 5.91 Å². The van der Waals surface area contributed by atoms with Gasteiger partial charge in [0, 0.05) is 25.7 Å². The van der Waals surface area contributed by atoms with Gasteiger partial charge in [0.15, 0.2) is 0 Å². The average molecular weight is 273 g/mol. The minimum Gasteiger partial charge on any atom is -0.383 e. The molecule has 0 fully saturated rings. The maximum Gasteiger partial charge on any atom is 0.237 e. The minimum absolute atomic E-state index is 0.256. The highest BCUT2D eigenvalue weighted by Gasteiger charge is 2.33. The Kier molecular flexibility index (Phi) is 8.22. The molecule has 2 unspecified atom stereocenters. The zero-order valence-corrected chi connectivity index (χ0v) is 13.3. The third kappa shape index (κ3) is 5.89. The molecule has 0 spiro atoms. The first kappa shape index (κ1) is 18.4. The van der Waals surface area contributed by atoms with Crippen LogP contribution in [0.2, 0.25) is 0 Å². The number of carbonyl (C=O) groups is 1. The molecule has 0 rings (SSSR count). The van der Waals surface area contributed by atoms with Crippen LogP contribution >= 0.6 is 0 Å². The second kappa shape index (κ2) is 8.51. The van der Waals surface area contributed by atoms with Crippen LogP contribution in [-0.4, -0.2) is 55.2 Å². The fraction of sp³-hybridized carbons (Fsp3) is 0.929.